The number of rotatable bonds is 3. The molecule has 116 valence electrons. The van der Waals surface area contributed by atoms with Crippen molar-refractivity contribution >= 4 is 5.97 Å². The minimum absolute atomic E-state index is 0.141. The van der Waals surface area contributed by atoms with Crippen LogP contribution in [-0.2, 0) is 9.53 Å². The van der Waals surface area contributed by atoms with Crippen LogP contribution in [0, 0.1) is 29.1 Å². The summed E-state index contributed by atoms with van der Waals surface area (Å²) in [6.07, 6.45) is 13.1. The second-order valence-corrected chi connectivity index (χ2v) is 8.61. The normalized spacial score (nSPS) is 48.5. The zero-order valence-electron chi connectivity index (χ0n) is 13.3. The predicted octanol–water partition coefficient (Wildman–Crippen LogP) is 4.49. The van der Waals surface area contributed by atoms with Gasteiger partial charge < -0.3 is 4.74 Å². The second-order valence-electron chi connectivity index (χ2n) is 8.61. The van der Waals surface area contributed by atoms with Gasteiger partial charge in [-0.1, -0.05) is 26.3 Å². The second kappa shape index (κ2) is 4.60. The first-order valence-corrected chi connectivity index (χ1v) is 8.91. The summed E-state index contributed by atoms with van der Waals surface area (Å²) in [4.78, 5) is 12.1. The number of hydrogen-bond donors (Lipinski definition) is 0. The Kier molecular flexibility index (Phi) is 3.03. The van der Waals surface area contributed by atoms with E-state index in [1.54, 1.807) is 0 Å². The number of esters is 1. The number of hydrogen-bond acceptors (Lipinski definition) is 2. The Labute approximate surface area is 128 Å². The molecule has 0 aromatic rings. The van der Waals surface area contributed by atoms with E-state index in [0.29, 0.717) is 23.2 Å². The van der Waals surface area contributed by atoms with E-state index in [9.17, 15) is 4.79 Å². The highest BCUT2D eigenvalue weighted by molar-refractivity contribution is 5.81. The summed E-state index contributed by atoms with van der Waals surface area (Å²) < 4.78 is 6.24. The maximum Gasteiger partial charge on any atom is 0.330 e. The van der Waals surface area contributed by atoms with E-state index < -0.39 is 0 Å². The first kappa shape index (κ1) is 13.8. The molecule has 5 aliphatic rings. The van der Waals surface area contributed by atoms with Crippen molar-refractivity contribution in [2.75, 3.05) is 0 Å². The number of carbonyl (C=O) groups is 1. The fourth-order valence-electron chi connectivity index (χ4n) is 6.90. The summed E-state index contributed by atoms with van der Waals surface area (Å²) in [6, 6.07) is 0. The van der Waals surface area contributed by atoms with Crippen molar-refractivity contribution in [3.63, 3.8) is 0 Å². The standard InChI is InChI=1S/C19H28O2/c1-3-17(20)21-19(14-6-4-5-7-14)15-8-13-9-16(19)12-18(2,10-13)11-15/h3,13-16H,1,4-12H2,2H3. The van der Waals surface area contributed by atoms with Crippen LogP contribution in [0.2, 0.25) is 0 Å². The molecule has 0 spiro atoms. The Morgan fingerprint density at radius 1 is 1.10 bits per heavy atom. The van der Waals surface area contributed by atoms with Gasteiger partial charge in [-0.3, -0.25) is 0 Å². The van der Waals surface area contributed by atoms with Crippen LogP contribution in [0.1, 0.15) is 64.7 Å². The summed E-state index contributed by atoms with van der Waals surface area (Å²) in [7, 11) is 0. The van der Waals surface area contributed by atoms with Crippen molar-refractivity contribution in [2.24, 2.45) is 29.1 Å². The Hall–Kier alpha value is -0.790. The number of ether oxygens (including phenoxy) is 1. The third kappa shape index (κ3) is 1.94. The lowest BCUT2D eigenvalue weighted by Gasteiger charge is -2.65. The Balaban J connectivity index is 1.72. The molecule has 0 aliphatic heterocycles. The molecule has 2 atom stereocenters. The fourth-order valence-corrected chi connectivity index (χ4v) is 6.90. The molecule has 2 heteroatoms. The molecule has 5 rings (SSSR count). The van der Waals surface area contributed by atoms with Crippen LogP contribution in [0.5, 0.6) is 0 Å². The molecule has 0 aromatic carbocycles. The van der Waals surface area contributed by atoms with Crippen LogP contribution in [0.3, 0.4) is 0 Å². The largest absolute Gasteiger partial charge is 0.455 e. The van der Waals surface area contributed by atoms with E-state index in [0.717, 1.165) is 5.92 Å². The van der Waals surface area contributed by atoms with Crippen molar-refractivity contribution in [3.05, 3.63) is 12.7 Å². The van der Waals surface area contributed by atoms with E-state index >= 15 is 0 Å². The highest BCUT2D eigenvalue weighted by atomic mass is 16.6. The van der Waals surface area contributed by atoms with Crippen LogP contribution < -0.4 is 0 Å². The summed E-state index contributed by atoms with van der Waals surface area (Å²) in [6.45, 7) is 6.12. The lowest BCUT2D eigenvalue weighted by Crippen LogP contribution is -2.64. The van der Waals surface area contributed by atoms with Gasteiger partial charge in [0.1, 0.15) is 5.60 Å². The predicted molar refractivity (Wildman–Crippen MR) is 82.6 cm³/mol. The molecule has 2 unspecified atom stereocenters. The lowest BCUT2D eigenvalue weighted by molar-refractivity contribution is -0.238. The lowest BCUT2D eigenvalue weighted by atomic mass is 9.43. The highest BCUT2D eigenvalue weighted by Gasteiger charge is 2.65. The zero-order chi connectivity index (χ0) is 14.7. The molecule has 0 aromatic heterocycles. The molecular weight excluding hydrogens is 260 g/mol. The molecule has 0 saturated heterocycles. The quantitative estimate of drug-likeness (QED) is 0.565. The van der Waals surface area contributed by atoms with Gasteiger partial charge in [0.2, 0.25) is 0 Å². The van der Waals surface area contributed by atoms with Gasteiger partial charge in [0, 0.05) is 17.9 Å². The van der Waals surface area contributed by atoms with E-state index in [1.165, 1.54) is 63.9 Å². The molecule has 0 radical (unpaired) electrons. The zero-order valence-corrected chi connectivity index (χ0v) is 13.3. The van der Waals surface area contributed by atoms with Crippen LogP contribution in [-0.4, -0.2) is 11.6 Å². The topological polar surface area (TPSA) is 26.3 Å². The van der Waals surface area contributed by atoms with Crippen molar-refractivity contribution in [1.82, 2.24) is 0 Å². The van der Waals surface area contributed by atoms with Crippen molar-refractivity contribution in [2.45, 2.75) is 70.3 Å². The van der Waals surface area contributed by atoms with E-state index in [-0.39, 0.29) is 11.6 Å². The van der Waals surface area contributed by atoms with Crippen LogP contribution in [0.25, 0.3) is 0 Å². The summed E-state index contributed by atoms with van der Waals surface area (Å²) in [5.74, 6) is 2.55. The van der Waals surface area contributed by atoms with E-state index in [1.807, 2.05) is 0 Å². The van der Waals surface area contributed by atoms with Crippen LogP contribution in [0.4, 0.5) is 0 Å². The Morgan fingerprint density at radius 3 is 2.24 bits per heavy atom. The maximum atomic E-state index is 12.1. The van der Waals surface area contributed by atoms with Crippen LogP contribution in [0.15, 0.2) is 12.7 Å². The first-order chi connectivity index (χ1) is 10.1. The molecule has 5 fully saturated rings. The van der Waals surface area contributed by atoms with Gasteiger partial charge in [0.15, 0.2) is 0 Å². The summed E-state index contributed by atoms with van der Waals surface area (Å²) in [5.41, 5.74) is 0.386. The van der Waals surface area contributed by atoms with Crippen molar-refractivity contribution < 1.29 is 9.53 Å². The molecule has 0 N–H and O–H groups in total. The van der Waals surface area contributed by atoms with Gasteiger partial charge in [-0.15, -0.1) is 0 Å². The molecule has 0 heterocycles. The Bertz CT molecular complexity index is 444. The monoisotopic (exact) mass is 288 g/mol. The van der Waals surface area contributed by atoms with Gasteiger partial charge in [0.25, 0.3) is 0 Å². The minimum atomic E-state index is -0.181. The van der Waals surface area contributed by atoms with Gasteiger partial charge in [0.05, 0.1) is 0 Å². The molecular formula is C19H28O2. The van der Waals surface area contributed by atoms with E-state index in [2.05, 4.69) is 13.5 Å². The smallest absolute Gasteiger partial charge is 0.330 e. The van der Waals surface area contributed by atoms with Gasteiger partial charge in [-0.05, 0) is 62.2 Å². The molecule has 4 bridgehead atoms. The molecule has 5 aliphatic carbocycles. The molecule has 2 nitrogen and oxygen atoms in total. The van der Waals surface area contributed by atoms with Gasteiger partial charge in [-0.2, -0.15) is 0 Å². The maximum absolute atomic E-state index is 12.1. The van der Waals surface area contributed by atoms with E-state index in [4.69, 9.17) is 4.74 Å². The fraction of sp³-hybridized carbons (Fsp3) is 0.842. The van der Waals surface area contributed by atoms with Crippen LogP contribution >= 0.6 is 0 Å². The summed E-state index contributed by atoms with van der Waals surface area (Å²) in [5, 5.41) is 0. The minimum Gasteiger partial charge on any atom is -0.455 e. The third-order valence-electron chi connectivity index (χ3n) is 7.21. The van der Waals surface area contributed by atoms with Gasteiger partial charge >= 0.3 is 5.97 Å². The van der Waals surface area contributed by atoms with Gasteiger partial charge in [-0.25, -0.2) is 4.79 Å². The SMILES string of the molecule is C=CC(=O)OC1(C2CCCC2)C2CC3CC1CC(C)(C3)C2. The summed E-state index contributed by atoms with van der Waals surface area (Å²) >= 11 is 0. The average molecular weight is 288 g/mol. The third-order valence-corrected chi connectivity index (χ3v) is 7.21. The van der Waals surface area contributed by atoms with Crippen molar-refractivity contribution in [1.29, 1.82) is 0 Å². The highest BCUT2D eigenvalue weighted by Crippen LogP contribution is 2.67. The molecule has 5 saturated carbocycles. The first-order valence-electron chi connectivity index (χ1n) is 8.91. The average Bonchev–Trinajstić information content (AvgIpc) is 2.95. The Morgan fingerprint density at radius 2 is 1.71 bits per heavy atom. The molecule has 21 heavy (non-hydrogen) atoms. The molecule has 0 amide bonds. The number of carbonyl (C=O) groups excluding carboxylic acids is 1. The van der Waals surface area contributed by atoms with Crippen molar-refractivity contribution in [3.8, 4) is 0 Å².